The summed E-state index contributed by atoms with van der Waals surface area (Å²) < 4.78 is 10.7. The Morgan fingerprint density at radius 3 is 2.71 bits per heavy atom. The maximum Gasteiger partial charge on any atom is 0.123 e. The summed E-state index contributed by atoms with van der Waals surface area (Å²) in [5, 5.41) is 0. The third kappa shape index (κ3) is 5.17. The maximum atomic E-state index is 5.35. The quantitative estimate of drug-likeness (QED) is 0.689. The van der Waals surface area contributed by atoms with Gasteiger partial charge in [0.2, 0.25) is 0 Å². The first-order valence-electron chi connectivity index (χ1n) is 5.86. The number of rotatable bonds is 8. The van der Waals surface area contributed by atoms with E-state index in [0.29, 0.717) is 19.8 Å². The highest BCUT2D eigenvalue weighted by Crippen LogP contribution is 2.18. The van der Waals surface area contributed by atoms with E-state index in [4.69, 9.17) is 15.2 Å². The Bertz CT molecular complexity index is 318. The molecule has 0 amide bonds. The number of nitrogens with zero attached hydrogens (tertiary/aromatic N) is 1. The van der Waals surface area contributed by atoms with Crippen LogP contribution in [-0.4, -0.2) is 45.4 Å². The lowest BCUT2D eigenvalue weighted by molar-refractivity contribution is 0.115. The predicted molar refractivity (Wildman–Crippen MR) is 69.2 cm³/mol. The SMILES string of the molecule is COc1ccccc1CN(C)CCOCCN. The Labute approximate surface area is 103 Å². The first kappa shape index (κ1) is 14.0. The van der Waals surface area contributed by atoms with Gasteiger partial charge in [0.1, 0.15) is 5.75 Å². The molecule has 0 unspecified atom stereocenters. The summed E-state index contributed by atoms with van der Waals surface area (Å²) in [4.78, 5) is 2.20. The second-order valence-electron chi connectivity index (χ2n) is 3.95. The van der Waals surface area contributed by atoms with E-state index < -0.39 is 0 Å². The van der Waals surface area contributed by atoms with E-state index in [1.165, 1.54) is 5.56 Å². The Hall–Kier alpha value is -1.10. The fraction of sp³-hybridized carbons (Fsp3) is 0.538. The minimum absolute atomic E-state index is 0.580. The summed E-state index contributed by atoms with van der Waals surface area (Å²) in [5.74, 6) is 0.933. The smallest absolute Gasteiger partial charge is 0.123 e. The van der Waals surface area contributed by atoms with Gasteiger partial charge in [0.15, 0.2) is 0 Å². The van der Waals surface area contributed by atoms with Gasteiger partial charge in [-0.3, -0.25) is 4.90 Å². The van der Waals surface area contributed by atoms with Crippen molar-refractivity contribution in [3.8, 4) is 5.75 Å². The molecule has 17 heavy (non-hydrogen) atoms. The zero-order chi connectivity index (χ0) is 12.5. The highest BCUT2D eigenvalue weighted by atomic mass is 16.5. The minimum Gasteiger partial charge on any atom is -0.496 e. The third-order valence-corrected chi connectivity index (χ3v) is 2.51. The number of para-hydroxylation sites is 1. The molecule has 0 aliphatic heterocycles. The second-order valence-corrected chi connectivity index (χ2v) is 3.95. The molecule has 96 valence electrons. The zero-order valence-electron chi connectivity index (χ0n) is 10.7. The lowest BCUT2D eigenvalue weighted by Gasteiger charge is -2.18. The van der Waals surface area contributed by atoms with Crippen molar-refractivity contribution in [3.05, 3.63) is 29.8 Å². The molecule has 1 rings (SSSR count). The average Bonchev–Trinajstić information content (AvgIpc) is 2.35. The van der Waals surface area contributed by atoms with Crippen LogP contribution in [0.1, 0.15) is 5.56 Å². The van der Waals surface area contributed by atoms with Crippen molar-refractivity contribution in [3.63, 3.8) is 0 Å². The normalized spacial score (nSPS) is 10.8. The van der Waals surface area contributed by atoms with E-state index in [1.807, 2.05) is 18.2 Å². The first-order valence-corrected chi connectivity index (χ1v) is 5.86. The second kappa shape index (κ2) is 8.06. The molecular weight excluding hydrogens is 216 g/mol. The maximum absolute atomic E-state index is 5.35. The summed E-state index contributed by atoms with van der Waals surface area (Å²) in [6.45, 7) is 3.66. The van der Waals surface area contributed by atoms with E-state index in [1.54, 1.807) is 7.11 Å². The number of methoxy groups -OCH3 is 1. The number of ether oxygens (including phenoxy) is 2. The van der Waals surface area contributed by atoms with Gasteiger partial charge in [0, 0.05) is 25.2 Å². The van der Waals surface area contributed by atoms with Crippen molar-refractivity contribution >= 4 is 0 Å². The van der Waals surface area contributed by atoms with Crippen LogP contribution < -0.4 is 10.5 Å². The third-order valence-electron chi connectivity index (χ3n) is 2.51. The van der Waals surface area contributed by atoms with Gasteiger partial charge in [-0.2, -0.15) is 0 Å². The van der Waals surface area contributed by atoms with Crippen LogP contribution in [0, 0.1) is 0 Å². The van der Waals surface area contributed by atoms with Crippen LogP contribution in [-0.2, 0) is 11.3 Å². The first-order chi connectivity index (χ1) is 8.27. The average molecular weight is 238 g/mol. The summed E-state index contributed by atoms with van der Waals surface area (Å²) in [5.41, 5.74) is 6.54. The van der Waals surface area contributed by atoms with Crippen molar-refractivity contribution in [2.75, 3.05) is 40.5 Å². The van der Waals surface area contributed by atoms with Gasteiger partial charge in [-0.05, 0) is 13.1 Å². The van der Waals surface area contributed by atoms with E-state index in [9.17, 15) is 0 Å². The minimum atomic E-state index is 0.580. The largest absolute Gasteiger partial charge is 0.496 e. The molecule has 0 aromatic heterocycles. The number of hydrogen-bond acceptors (Lipinski definition) is 4. The Morgan fingerprint density at radius 2 is 2.00 bits per heavy atom. The van der Waals surface area contributed by atoms with Crippen LogP contribution in [0.4, 0.5) is 0 Å². The van der Waals surface area contributed by atoms with E-state index in [2.05, 4.69) is 18.0 Å². The van der Waals surface area contributed by atoms with Crippen LogP contribution >= 0.6 is 0 Å². The molecule has 0 atom stereocenters. The van der Waals surface area contributed by atoms with E-state index in [-0.39, 0.29) is 0 Å². The molecule has 1 aromatic carbocycles. The lowest BCUT2D eigenvalue weighted by Crippen LogP contribution is -2.24. The molecule has 0 heterocycles. The van der Waals surface area contributed by atoms with Crippen LogP contribution in [0.3, 0.4) is 0 Å². The molecule has 1 aromatic rings. The molecule has 0 fully saturated rings. The van der Waals surface area contributed by atoms with Crippen molar-refractivity contribution in [2.45, 2.75) is 6.54 Å². The molecule has 0 saturated heterocycles. The van der Waals surface area contributed by atoms with E-state index >= 15 is 0 Å². The lowest BCUT2D eigenvalue weighted by atomic mass is 10.2. The van der Waals surface area contributed by atoms with Crippen molar-refractivity contribution < 1.29 is 9.47 Å². The van der Waals surface area contributed by atoms with Gasteiger partial charge in [0.05, 0.1) is 20.3 Å². The van der Waals surface area contributed by atoms with Gasteiger partial charge in [-0.1, -0.05) is 18.2 Å². The highest BCUT2D eigenvalue weighted by molar-refractivity contribution is 5.32. The molecule has 0 bridgehead atoms. The van der Waals surface area contributed by atoms with Crippen molar-refractivity contribution in [1.29, 1.82) is 0 Å². The topological polar surface area (TPSA) is 47.7 Å². The molecule has 0 aliphatic rings. The number of benzene rings is 1. The fourth-order valence-corrected chi connectivity index (χ4v) is 1.61. The molecule has 0 radical (unpaired) electrons. The molecule has 0 aliphatic carbocycles. The monoisotopic (exact) mass is 238 g/mol. The zero-order valence-corrected chi connectivity index (χ0v) is 10.7. The predicted octanol–water partition coefficient (Wildman–Crippen LogP) is 1.10. The fourth-order valence-electron chi connectivity index (χ4n) is 1.61. The summed E-state index contributed by atoms with van der Waals surface area (Å²) in [7, 11) is 3.77. The van der Waals surface area contributed by atoms with Gasteiger partial charge in [-0.15, -0.1) is 0 Å². The molecule has 4 nitrogen and oxygen atoms in total. The Morgan fingerprint density at radius 1 is 1.24 bits per heavy atom. The van der Waals surface area contributed by atoms with Crippen molar-refractivity contribution in [2.24, 2.45) is 5.73 Å². The molecular formula is C13H22N2O2. The molecule has 0 spiro atoms. The molecule has 4 heteroatoms. The number of likely N-dealkylation sites (N-methyl/N-ethyl adjacent to an activating group) is 1. The van der Waals surface area contributed by atoms with Gasteiger partial charge < -0.3 is 15.2 Å². The Kier molecular flexibility index (Phi) is 6.62. The summed E-state index contributed by atoms with van der Waals surface area (Å²) in [6.07, 6.45) is 0. The van der Waals surface area contributed by atoms with Crippen molar-refractivity contribution in [1.82, 2.24) is 4.90 Å². The summed E-state index contributed by atoms with van der Waals surface area (Å²) in [6, 6.07) is 8.06. The van der Waals surface area contributed by atoms with E-state index in [0.717, 1.165) is 18.8 Å². The number of hydrogen-bond donors (Lipinski definition) is 1. The highest BCUT2D eigenvalue weighted by Gasteiger charge is 2.05. The van der Waals surface area contributed by atoms with Crippen LogP contribution in [0.5, 0.6) is 5.75 Å². The Balaban J connectivity index is 2.36. The molecule has 2 N–H and O–H groups in total. The van der Waals surface area contributed by atoms with Crippen LogP contribution in [0.2, 0.25) is 0 Å². The standard InChI is InChI=1S/C13H22N2O2/c1-15(8-10-17-9-7-14)11-12-5-3-4-6-13(12)16-2/h3-6H,7-11,14H2,1-2H3. The van der Waals surface area contributed by atoms with Gasteiger partial charge >= 0.3 is 0 Å². The summed E-state index contributed by atoms with van der Waals surface area (Å²) >= 11 is 0. The molecule has 0 saturated carbocycles. The van der Waals surface area contributed by atoms with Crippen LogP contribution in [0.15, 0.2) is 24.3 Å². The van der Waals surface area contributed by atoms with Crippen LogP contribution in [0.25, 0.3) is 0 Å². The van der Waals surface area contributed by atoms with Gasteiger partial charge in [-0.25, -0.2) is 0 Å². The number of nitrogens with two attached hydrogens (primary N) is 1. The van der Waals surface area contributed by atoms with Gasteiger partial charge in [0.25, 0.3) is 0 Å².